The van der Waals surface area contributed by atoms with E-state index < -0.39 is 11.6 Å². The Kier molecular flexibility index (Phi) is 2.75. The second-order valence-electron chi connectivity index (χ2n) is 3.52. The van der Waals surface area contributed by atoms with Gasteiger partial charge in [0.15, 0.2) is 11.6 Å². The molecule has 0 atom stereocenters. The van der Waals surface area contributed by atoms with Crippen LogP contribution in [0.15, 0.2) is 36.4 Å². The van der Waals surface area contributed by atoms with Crippen molar-refractivity contribution < 1.29 is 8.78 Å². The van der Waals surface area contributed by atoms with Gasteiger partial charge in [-0.25, -0.2) is 8.78 Å². The summed E-state index contributed by atoms with van der Waals surface area (Å²) in [4.78, 5) is 0. The summed E-state index contributed by atoms with van der Waals surface area (Å²) in [6.45, 7) is 0. The Labute approximate surface area is 96.9 Å². The molecule has 0 aliphatic rings. The Balaban J connectivity index is 2.62. The third kappa shape index (κ3) is 1.95. The predicted molar refractivity (Wildman–Crippen MR) is 60.9 cm³/mol. The van der Waals surface area contributed by atoms with Crippen LogP contribution >= 0.6 is 0 Å². The Morgan fingerprint density at radius 2 is 1.88 bits per heavy atom. The van der Waals surface area contributed by atoms with Gasteiger partial charge in [0.1, 0.15) is 6.07 Å². The Bertz CT molecular complexity index is 615. The largest absolute Gasteiger partial charge is 0.398 e. The fourth-order valence-electron chi connectivity index (χ4n) is 1.55. The molecule has 2 aromatic carbocycles. The lowest BCUT2D eigenvalue weighted by Crippen LogP contribution is -1.93. The summed E-state index contributed by atoms with van der Waals surface area (Å²) in [7, 11) is 0. The van der Waals surface area contributed by atoms with Gasteiger partial charge < -0.3 is 5.73 Å². The number of benzene rings is 2. The van der Waals surface area contributed by atoms with Gasteiger partial charge >= 0.3 is 0 Å². The number of nitrogens with two attached hydrogens (primary N) is 1. The molecule has 0 aliphatic carbocycles. The molecule has 0 amide bonds. The van der Waals surface area contributed by atoms with Gasteiger partial charge in [0.05, 0.1) is 5.56 Å². The van der Waals surface area contributed by atoms with Crippen molar-refractivity contribution in [2.24, 2.45) is 0 Å². The lowest BCUT2D eigenvalue weighted by molar-refractivity contribution is 0.511. The highest BCUT2D eigenvalue weighted by Gasteiger charge is 2.10. The molecular formula is C13H8F2N2. The van der Waals surface area contributed by atoms with Crippen LogP contribution in [0.1, 0.15) is 5.56 Å². The van der Waals surface area contributed by atoms with Crippen LogP contribution in [0.25, 0.3) is 11.1 Å². The first-order chi connectivity index (χ1) is 8.13. The SMILES string of the molecule is N#Cc1cc(-c2cccc(F)c2F)ccc1N. The third-order valence-corrected chi connectivity index (χ3v) is 2.44. The van der Waals surface area contributed by atoms with Crippen molar-refractivity contribution in [1.29, 1.82) is 5.26 Å². The van der Waals surface area contributed by atoms with Crippen LogP contribution in [0.4, 0.5) is 14.5 Å². The van der Waals surface area contributed by atoms with Gasteiger partial charge in [-0.3, -0.25) is 0 Å². The summed E-state index contributed by atoms with van der Waals surface area (Å²) in [6, 6.07) is 10.3. The first-order valence-corrected chi connectivity index (χ1v) is 4.87. The van der Waals surface area contributed by atoms with Gasteiger partial charge in [0.2, 0.25) is 0 Å². The first-order valence-electron chi connectivity index (χ1n) is 4.87. The number of anilines is 1. The van der Waals surface area contributed by atoms with E-state index in [2.05, 4.69) is 0 Å². The third-order valence-electron chi connectivity index (χ3n) is 2.44. The van der Waals surface area contributed by atoms with Crippen LogP contribution in [0, 0.1) is 23.0 Å². The van der Waals surface area contributed by atoms with Crippen LogP contribution in [-0.2, 0) is 0 Å². The average molecular weight is 230 g/mol. The fourth-order valence-corrected chi connectivity index (χ4v) is 1.55. The minimum absolute atomic E-state index is 0.113. The summed E-state index contributed by atoms with van der Waals surface area (Å²) < 4.78 is 26.6. The number of nitrogens with zero attached hydrogens (tertiary/aromatic N) is 1. The van der Waals surface area contributed by atoms with Crippen LogP contribution in [0.5, 0.6) is 0 Å². The maximum Gasteiger partial charge on any atom is 0.166 e. The molecule has 4 heteroatoms. The topological polar surface area (TPSA) is 49.8 Å². The van der Waals surface area contributed by atoms with Crippen molar-refractivity contribution in [3.05, 3.63) is 53.6 Å². The predicted octanol–water partition coefficient (Wildman–Crippen LogP) is 3.09. The number of hydrogen-bond acceptors (Lipinski definition) is 2. The van der Waals surface area contributed by atoms with E-state index in [1.807, 2.05) is 6.07 Å². The van der Waals surface area contributed by atoms with Crippen molar-refractivity contribution in [2.45, 2.75) is 0 Å². The van der Waals surface area contributed by atoms with E-state index in [1.165, 1.54) is 24.3 Å². The van der Waals surface area contributed by atoms with Gasteiger partial charge in [-0.2, -0.15) is 5.26 Å². The highest BCUT2D eigenvalue weighted by Crippen LogP contribution is 2.26. The summed E-state index contributed by atoms with van der Waals surface area (Å²) in [5.41, 5.74) is 6.65. The molecule has 2 aromatic rings. The molecule has 0 spiro atoms. The molecule has 2 nitrogen and oxygen atoms in total. The lowest BCUT2D eigenvalue weighted by atomic mass is 10.0. The molecular weight excluding hydrogens is 222 g/mol. The Morgan fingerprint density at radius 1 is 1.12 bits per heavy atom. The van der Waals surface area contributed by atoms with Crippen LogP contribution in [0.3, 0.4) is 0 Å². The summed E-state index contributed by atoms with van der Waals surface area (Å²) in [6.07, 6.45) is 0. The van der Waals surface area contributed by atoms with Gasteiger partial charge in [0, 0.05) is 11.3 Å². The second-order valence-corrected chi connectivity index (χ2v) is 3.52. The standard InChI is InChI=1S/C13H8F2N2/c14-11-3-1-2-10(13(11)15)8-4-5-12(17)9(6-8)7-16/h1-6H,17H2. The zero-order valence-electron chi connectivity index (χ0n) is 8.74. The number of halogens is 2. The summed E-state index contributed by atoms with van der Waals surface area (Å²) in [5, 5.41) is 8.82. The smallest absolute Gasteiger partial charge is 0.166 e. The highest BCUT2D eigenvalue weighted by molar-refractivity contribution is 5.70. The Hall–Kier alpha value is -2.41. The van der Waals surface area contributed by atoms with Crippen molar-refractivity contribution in [1.82, 2.24) is 0 Å². The van der Waals surface area contributed by atoms with Gasteiger partial charge in [-0.1, -0.05) is 18.2 Å². The zero-order chi connectivity index (χ0) is 12.4. The maximum atomic E-state index is 13.5. The molecule has 0 saturated carbocycles. The fraction of sp³-hybridized carbons (Fsp3) is 0. The lowest BCUT2D eigenvalue weighted by Gasteiger charge is -2.05. The first kappa shape index (κ1) is 11.1. The highest BCUT2D eigenvalue weighted by atomic mass is 19.2. The monoisotopic (exact) mass is 230 g/mol. The van der Waals surface area contributed by atoms with E-state index in [0.717, 1.165) is 6.07 Å². The molecule has 0 heterocycles. The molecule has 2 N–H and O–H groups in total. The molecule has 0 fully saturated rings. The molecule has 84 valence electrons. The number of hydrogen-bond donors (Lipinski definition) is 1. The molecule has 0 aromatic heterocycles. The van der Waals surface area contributed by atoms with E-state index in [9.17, 15) is 8.78 Å². The molecule has 0 aliphatic heterocycles. The quantitative estimate of drug-likeness (QED) is 0.765. The second kappa shape index (κ2) is 4.22. The molecule has 0 bridgehead atoms. The molecule has 0 radical (unpaired) electrons. The van der Waals surface area contributed by atoms with Crippen molar-refractivity contribution >= 4 is 5.69 Å². The minimum atomic E-state index is -0.929. The van der Waals surface area contributed by atoms with Gasteiger partial charge in [0.25, 0.3) is 0 Å². The van der Waals surface area contributed by atoms with Gasteiger partial charge in [-0.05, 0) is 23.8 Å². The minimum Gasteiger partial charge on any atom is -0.398 e. The molecule has 0 unspecified atom stereocenters. The van der Waals surface area contributed by atoms with Crippen molar-refractivity contribution in [2.75, 3.05) is 5.73 Å². The van der Waals surface area contributed by atoms with Crippen LogP contribution in [0.2, 0.25) is 0 Å². The molecule has 2 rings (SSSR count). The van der Waals surface area contributed by atoms with E-state index >= 15 is 0 Å². The Morgan fingerprint density at radius 3 is 2.59 bits per heavy atom. The number of rotatable bonds is 1. The van der Waals surface area contributed by atoms with Gasteiger partial charge in [-0.15, -0.1) is 0 Å². The van der Waals surface area contributed by atoms with Crippen molar-refractivity contribution in [3.8, 4) is 17.2 Å². The maximum absolute atomic E-state index is 13.5. The van der Waals surface area contributed by atoms with Crippen molar-refractivity contribution in [3.63, 3.8) is 0 Å². The van der Waals surface area contributed by atoms with Crippen LogP contribution < -0.4 is 5.73 Å². The average Bonchev–Trinajstić information content (AvgIpc) is 2.34. The number of nitriles is 1. The van der Waals surface area contributed by atoms with Crippen LogP contribution in [-0.4, -0.2) is 0 Å². The summed E-state index contributed by atoms with van der Waals surface area (Å²) >= 11 is 0. The van der Waals surface area contributed by atoms with E-state index in [0.29, 0.717) is 11.3 Å². The molecule has 17 heavy (non-hydrogen) atoms. The van der Waals surface area contributed by atoms with E-state index in [4.69, 9.17) is 11.0 Å². The molecule has 0 saturated heterocycles. The summed E-state index contributed by atoms with van der Waals surface area (Å²) in [5.74, 6) is -1.85. The number of nitrogen functional groups attached to an aromatic ring is 1. The zero-order valence-corrected chi connectivity index (χ0v) is 8.74. The van der Waals surface area contributed by atoms with E-state index in [1.54, 1.807) is 6.07 Å². The van der Waals surface area contributed by atoms with E-state index in [-0.39, 0.29) is 11.1 Å². The normalized spacial score (nSPS) is 9.94.